The number of aryl methyl sites for hydroxylation is 1. The maximum Gasteiger partial charge on any atom is 0.249 e. The molecule has 2 aromatic rings. The van der Waals surface area contributed by atoms with E-state index in [1.165, 1.54) is 0 Å². The second-order valence-corrected chi connectivity index (χ2v) is 7.27. The molecule has 7 heteroatoms. The Kier molecular flexibility index (Phi) is 7.20. The summed E-state index contributed by atoms with van der Waals surface area (Å²) in [5.41, 5.74) is 2.09. The summed E-state index contributed by atoms with van der Waals surface area (Å²) in [6.45, 7) is 2.32. The van der Waals surface area contributed by atoms with Crippen molar-refractivity contribution < 1.29 is 9.59 Å². The number of hydrogen-bond acceptors (Lipinski definition) is 4. The highest BCUT2D eigenvalue weighted by atomic mass is 35.5. The van der Waals surface area contributed by atoms with Crippen LogP contribution in [-0.4, -0.2) is 30.9 Å². The Morgan fingerprint density at radius 2 is 2.08 bits per heavy atom. The molecule has 1 aromatic heterocycles. The van der Waals surface area contributed by atoms with Gasteiger partial charge < -0.3 is 15.5 Å². The molecule has 2 unspecified atom stereocenters. The predicted octanol–water partition coefficient (Wildman–Crippen LogP) is 2.74. The maximum atomic E-state index is 13.2. The summed E-state index contributed by atoms with van der Waals surface area (Å²) in [5, 5.41) is 7.84. The van der Waals surface area contributed by atoms with Crippen LogP contribution in [0.3, 0.4) is 0 Å². The smallest absolute Gasteiger partial charge is 0.249 e. The monoisotopic (exact) mass is 393 g/mol. The molecule has 2 atom stereocenters. The minimum absolute atomic E-state index is 0. The van der Waals surface area contributed by atoms with Crippen LogP contribution >= 0.6 is 23.7 Å². The van der Waals surface area contributed by atoms with Crippen LogP contribution in [0.5, 0.6) is 0 Å². The average Bonchev–Trinajstić information content (AvgIpc) is 3.11. The molecule has 26 heavy (non-hydrogen) atoms. The van der Waals surface area contributed by atoms with Gasteiger partial charge in [-0.1, -0.05) is 24.3 Å². The molecule has 0 fully saturated rings. The van der Waals surface area contributed by atoms with Gasteiger partial charge in [-0.25, -0.2) is 0 Å². The maximum absolute atomic E-state index is 13.2. The second-order valence-electron chi connectivity index (χ2n) is 6.24. The molecule has 0 saturated heterocycles. The number of thiophene rings is 1. The summed E-state index contributed by atoms with van der Waals surface area (Å²) in [4.78, 5) is 28.4. The molecule has 2 N–H and O–H groups in total. The quantitative estimate of drug-likeness (QED) is 0.821. The Hall–Kier alpha value is -1.89. The van der Waals surface area contributed by atoms with Crippen molar-refractivity contribution in [1.29, 1.82) is 0 Å². The van der Waals surface area contributed by atoms with Gasteiger partial charge in [-0.2, -0.15) is 0 Å². The number of amides is 2. The van der Waals surface area contributed by atoms with Gasteiger partial charge in [0.2, 0.25) is 11.8 Å². The number of carbonyl (C=O) groups is 2. The normalized spacial score (nSPS) is 17.7. The molecule has 0 saturated carbocycles. The minimum atomic E-state index is -0.504. The Bertz CT molecular complexity index is 751. The molecule has 140 valence electrons. The number of fused-ring (bicyclic) bond motifs is 1. The van der Waals surface area contributed by atoms with Crippen molar-refractivity contribution in [3.8, 4) is 0 Å². The van der Waals surface area contributed by atoms with Gasteiger partial charge >= 0.3 is 0 Å². The Balaban J connectivity index is 0.00000243. The summed E-state index contributed by atoms with van der Waals surface area (Å²) in [6.07, 6.45) is 1.38. The third-order valence-corrected chi connectivity index (χ3v) is 5.45. The lowest BCUT2D eigenvalue weighted by Crippen LogP contribution is -2.51. The first kappa shape index (κ1) is 20.4. The fourth-order valence-corrected chi connectivity index (χ4v) is 3.69. The zero-order valence-electron chi connectivity index (χ0n) is 14.9. The molecule has 0 bridgehead atoms. The third-order valence-electron chi connectivity index (χ3n) is 4.59. The molecule has 1 aliphatic rings. The van der Waals surface area contributed by atoms with Crippen molar-refractivity contribution in [2.24, 2.45) is 0 Å². The summed E-state index contributed by atoms with van der Waals surface area (Å²) >= 11 is 1.63. The molecule has 3 rings (SSSR count). The first-order valence-electron chi connectivity index (χ1n) is 8.49. The van der Waals surface area contributed by atoms with Gasteiger partial charge in [-0.15, -0.1) is 23.7 Å². The van der Waals surface area contributed by atoms with Crippen LogP contribution in [0.15, 0.2) is 41.8 Å². The first-order valence-corrected chi connectivity index (χ1v) is 9.37. The van der Waals surface area contributed by atoms with Crippen LogP contribution in [0.4, 0.5) is 5.69 Å². The van der Waals surface area contributed by atoms with E-state index < -0.39 is 6.04 Å². The van der Waals surface area contributed by atoms with Crippen LogP contribution in [0.1, 0.15) is 23.8 Å². The highest BCUT2D eigenvalue weighted by Crippen LogP contribution is 2.29. The Morgan fingerprint density at radius 1 is 1.31 bits per heavy atom. The number of hydrogen-bond donors (Lipinski definition) is 2. The summed E-state index contributed by atoms with van der Waals surface area (Å²) in [6, 6.07) is 11.2. The topological polar surface area (TPSA) is 61.4 Å². The van der Waals surface area contributed by atoms with Crippen molar-refractivity contribution in [1.82, 2.24) is 10.6 Å². The van der Waals surface area contributed by atoms with E-state index in [2.05, 4.69) is 16.7 Å². The van der Waals surface area contributed by atoms with E-state index in [0.717, 1.165) is 22.5 Å². The molecular formula is C19H24ClN3O2S. The van der Waals surface area contributed by atoms with Crippen molar-refractivity contribution in [2.75, 3.05) is 11.9 Å². The van der Waals surface area contributed by atoms with Crippen molar-refractivity contribution in [3.05, 3.63) is 52.2 Å². The van der Waals surface area contributed by atoms with E-state index in [1.54, 1.807) is 25.3 Å². The number of para-hydroxylation sites is 1. The second kappa shape index (κ2) is 9.16. The van der Waals surface area contributed by atoms with Crippen LogP contribution in [0.2, 0.25) is 0 Å². The highest BCUT2D eigenvalue weighted by molar-refractivity contribution is 7.09. The van der Waals surface area contributed by atoms with Crippen molar-refractivity contribution in [3.63, 3.8) is 0 Å². The molecule has 2 amide bonds. The molecule has 0 radical (unpaired) electrons. The SMILES string of the molecule is CNC(C)C(=O)NC1CCc2ccccc2N(Cc2cccs2)C1=O.Cl. The molecule has 0 aliphatic carbocycles. The number of carbonyl (C=O) groups excluding carboxylic acids is 2. The van der Waals surface area contributed by atoms with Crippen LogP contribution in [0, 0.1) is 0 Å². The van der Waals surface area contributed by atoms with Crippen molar-refractivity contribution in [2.45, 2.75) is 38.4 Å². The first-order chi connectivity index (χ1) is 12.1. The lowest BCUT2D eigenvalue weighted by atomic mass is 10.1. The number of nitrogens with zero attached hydrogens (tertiary/aromatic N) is 1. The Labute approximate surface area is 164 Å². The standard InChI is InChI=1S/C19H23N3O2S.ClH/c1-13(20-2)18(23)21-16-10-9-14-6-3-4-8-17(14)22(19(16)24)12-15-7-5-11-25-15;/h3-8,11,13,16,20H,9-10,12H2,1-2H3,(H,21,23);1H. The minimum Gasteiger partial charge on any atom is -0.343 e. The van der Waals surface area contributed by atoms with Crippen molar-refractivity contribution >= 4 is 41.2 Å². The van der Waals surface area contributed by atoms with E-state index in [0.29, 0.717) is 13.0 Å². The predicted molar refractivity (Wildman–Crippen MR) is 108 cm³/mol. The van der Waals surface area contributed by atoms with Gasteiger partial charge in [-0.3, -0.25) is 9.59 Å². The number of nitrogens with one attached hydrogen (secondary N) is 2. The fraction of sp³-hybridized carbons (Fsp3) is 0.368. The van der Waals surface area contributed by atoms with Gasteiger partial charge in [0.15, 0.2) is 0 Å². The van der Waals surface area contributed by atoms with E-state index in [4.69, 9.17) is 0 Å². The summed E-state index contributed by atoms with van der Waals surface area (Å²) in [5.74, 6) is -0.196. The van der Waals surface area contributed by atoms with Gasteiger partial charge in [0, 0.05) is 10.6 Å². The van der Waals surface area contributed by atoms with Crippen LogP contribution in [-0.2, 0) is 22.6 Å². The van der Waals surface area contributed by atoms with E-state index in [-0.39, 0.29) is 30.3 Å². The summed E-state index contributed by atoms with van der Waals surface area (Å²) < 4.78 is 0. The van der Waals surface area contributed by atoms with Gasteiger partial charge in [0.05, 0.1) is 12.6 Å². The van der Waals surface area contributed by atoms with Crippen LogP contribution < -0.4 is 15.5 Å². The van der Waals surface area contributed by atoms with Gasteiger partial charge in [0.1, 0.15) is 6.04 Å². The van der Waals surface area contributed by atoms with E-state index in [1.807, 2.05) is 40.6 Å². The molecular weight excluding hydrogens is 370 g/mol. The Morgan fingerprint density at radius 3 is 2.77 bits per heavy atom. The van der Waals surface area contributed by atoms with Gasteiger partial charge in [0.25, 0.3) is 0 Å². The lowest BCUT2D eigenvalue weighted by molar-refractivity contribution is -0.128. The molecule has 0 spiro atoms. The lowest BCUT2D eigenvalue weighted by Gasteiger charge is -2.26. The number of benzene rings is 1. The fourth-order valence-electron chi connectivity index (χ4n) is 3.00. The molecule has 5 nitrogen and oxygen atoms in total. The van der Waals surface area contributed by atoms with E-state index >= 15 is 0 Å². The van der Waals surface area contributed by atoms with E-state index in [9.17, 15) is 9.59 Å². The zero-order valence-corrected chi connectivity index (χ0v) is 16.5. The molecule has 1 aromatic carbocycles. The number of rotatable bonds is 5. The van der Waals surface area contributed by atoms with Crippen LogP contribution in [0.25, 0.3) is 0 Å². The number of halogens is 1. The summed E-state index contributed by atoms with van der Waals surface area (Å²) in [7, 11) is 1.73. The largest absolute Gasteiger partial charge is 0.343 e. The molecule has 1 aliphatic heterocycles. The number of anilines is 1. The highest BCUT2D eigenvalue weighted by Gasteiger charge is 2.32. The number of likely N-dealkylation sites (N-methyl/N-ethyl adjacent to an activating group) is 1. The zero-order chi connectivity index (χ0) is 17.8. The van der Waals surface area contributed by atoms with Gasteiger partial charge in [-0.05, 0) is 49.9 Å². The molecule has 2 heterocycles. The third kappa shape index (κ3) is 4.44. The average molecular weight is 394 g/mol.